The van der Waals surface area contributed by atoms with Crippen molar-refractivity contribution in [3.05, 3.63) is 72.8 Å². The van der Waals surface area contributed by atoms with Gasteiger partial charge in [0.1, 0.15) is 23.9 Å². The van der Waals surface area contributed by atoms with Crippen LogP contribution in [0.1, 0.15) is 12.8 Å². The SMILES string of the molecule is CS(=O)(=O)NC(=O)COCC1(F)CCN(c2cncc(N(c3ccccc3)c3ccc(F)cc3)n2)CC1. The molecule has 0 bridgehead atoms. The molecule has 1 aliphatic heterocycles. The highest BCUT2D eigenvalue weighted by Gasteiger charge is 2.35. The van der Waals surface area contributed by atoms with Gasteiger partial charge in [0.2, 0.25) is 10.0 Å². The van der Waals surface area contributed by atoms with E-state index in [9.17, 15) is 17.6 Å². The van der Waals surface area contributed by atoms with E-state index in [4.69, 9.17) is 9.72 Å². The second kappa shape index (κ2) is 11.2. The summed E-state index contributed by atoms with van der Waals surface area (Å²) in [5.74, 6) is -0.108. The number of piperidine rings is 1. The Labute approximate surface area is 214 Å². The molecule has 37 heavy (non-hydrogen) atoms. The third kappa shape index (κ3) is 7.20. The van der Waals surface area contributed by atoms with Gasteiger partial charge in [-0.15, -0.1) is 0 Å². The number of hydrogen-bond acceptors (Lipinski definition) is 8. The van der Waals surface area contributed by atoms with Crippen LogP contribution in [-0.4, -0.2) is 62.5 Å². The first kappa shape index (κ1) is 26.4. The van der Waals surface area contributed by atoms with Crippen LogP contribution in [0.5, 0.6) is 0 Å². The molecule has 0 radical (unpaired) electrons. The van der Waals surface area contributed by atoms with Crippen molar-refractivity contribution in [3.8, 4) is 0 Å². The number of aromatic nitrogens is 2. The highest BCUT2D eigenvalue weighted by atomic mass is 32.2. The first-order valence-electron chi connectivity index (χ1n) is 11.6. The fourth-order valence-electron chi connectivity index (χ4n) is 4.03. The quantitative estimate of drug-likeness (QED) is 0.448. The summed E-state index contributed by atoms with van der Waals surface area (Å²) < 4.78 is 57.9. The predicted octanol–water partition coefficient (Wildman–Crippen LogP) is 3.49. The summed E-state index contributed by atoms with van der Waals surface area (Å²) >= 11 is 0. The highest BCUT2D eigenvalue weighted by molar-refractivity contribution is 7.89. The number of ether oxygens (including phenoxy) is 1. The summed E-state index contributed by atoms with van der Waals surface area (Å²) in [4.78, 5) is 24.5. The predicted molar refractivity (Wildman–Crippen MR) is 136 cm³/mol. The summed E-state index contributed by atoms with van der Waals surface area (Å²) in [7, 11) is -3.69. The lowest BCUT2D eigenvalue weighted by Crippen LogP contribution is -2.45. The zero-order chi connectivity index (χ0) is 26.5. The Balaban J connectivity index is 1.44. The molecule has 0 atom stereocenters. The van der Waals surface area contributed by atoms with Crippen molar-refractivity contribution in [2.45, 2.75) is 18.5 Å². The van der Waals surface area contributed by atoms with Crippen LogP contribution < -0.4 is 14.5 Å². The van der Waals surface area contributed by atoms with E-state index in [1.807, 2.05) is 40.1 Å². The van der Waals surface area contributed by atoms with Crippen LogP contribution >= 0.6 is 0 Å². The number of carbonyl (C=O) groups excluding carboxylic acids is 1. The van der Waals surface area contributed by atoms with Crippen molar-refractivity contribution in [2.24, 2.45) is 0 Å². The molecule has 1 fully saturated rings. The minimum Gasteiger partial charge on any atom is -0.368 e. The minimum absolute atomic E-state index is 0.132. The average Bonchev–Trinajstić information content (AvgIpc) is 2.86. The second-order valence-corrected chi connectivity index (χ2v) is 10.6. The van der Waals surface area contributed by atoms with Gasteiger partial charge in [-0.25, -0.2) is 22.2 Å². The van der Waals surface area contributed by atoms with Crippen molar-refractivity contribution in [1.29, 1.82) is 0 Å². The van der Waals surface area contributed by atoms with Gasteiger partial charge < -0.3 is 9.64 Å². The summed E-state index contributed by atoms with van der Waals surface area (Å²) in [5, 5.41) is 0. The van der Waals surface area contributed by atoms with Crippen molar-refractivity contribution in [3.63, 3.8) is 0 Å². The van der Waals surface area contributed by atoms with Crippen LogP contribution in [0.4, 0.5) is 31.8 Å². The fourth-order valence-corrected chi connectivity index (χ4v) is 4.50. The molecule has 0 aliphatic carbocycles. The molecule has 1 aromatic heterocycles. The van der Waals surface area contributed by atoms with E-state index >= 15 is 4.39 Å². The van der Waals surface area contributed by atoms with E-state index in [1.54, 1.807) is 29.2 Å². The Bertz CT molecular complexity index is 1320. The molecule has 1 amide bonds. The Hall–Kier alpha value is -3.64. The first-order valence-corrected chi connectivity index (χ1v) is 13.5. The molecule has 1 N–H and O–H groups in total. The van der Waals surface area contributed by atoms with Gasteiger partial charge in [0, 0.05) is 37.3 Å². The zero-order valence-corrected chi connectivity index (χ0v) is 21.0. The van der Waals surface area contributed by atoms with E-state index < -0.39 is 28.2 Å². The molecule has 2 heterocycles. The fraction of sp³-hybridized carbons (Fsp3) is 0.320. The number of amides is 1. The molecule has 9 nitrogen and oxygen atoms in total. The monoisotopic (exact) mass is 531 g/mol. The first-order chi connectivity index (χ1) is 17.6. The van der Waals surface area contributed by atoms with Gasteiger partial charge >= 0.3 is 0 Å². The number of carbonyl (C=O) groups is 1. The van der Waals surface area contributed by atoms with E-state index in [0.717, 1.165) is 11.9 Å². The number of hydrogen-bond donors (Lipinski definition) is 1. The Kier molecular flexibility index (Phi) is 7.98. The molecule has 3 aromatic rings. The molecular weight excluding hydrogens is 504 g/mol. The number of halogens is 2. The molecule has 196 valence electrons. The smallest absolute Gasteiger partial charge is 0.259 e. The average molecular weight is 532 g/mol. The van der Waals surface area contributed by atoms with Crippen molar-refractivity contribution >= 4 is 38.9 Å². The maximum Gasteiger partial charge on any atom is 0.259 e. The molecule has 1 aliphatic rings. The number of nitrogens with zero attached hydrogens (tertiary/aromatic N) is 4. The number of para-hydroxylation sites is 1. The zero-order valence-electron chi connectivity index (χ0n) is 20.2. The third-order valence-corrected chi connectivity index (χ3v) is 6.41. The molecule has 0 saturated carbocycles. The maximum absolute atomic E-state index is 15.3. The summed E-state index contributed by atoms with van der Waals surface area (Å²) in [5.41, 5.74) is -0.131. The van der Waals surface area contributed by atoms with Crippen molar-refractivity contribution in [1.82, 2.24) is 14.7 Å². The molecule has 4 rings (SSSR count). The van der Waals surface area contributed by atoms with E-state index in [2.05, 4.69) is 4.98 Å². The normalized spacial score (nSPS) is 15.3. The van der Waals surface area contributed by atoms with Gasteiger partial charge in [-0.05, 0) is 36.4 Å². The molecule has 1 saturated heterocycles. The lowest BCUT2D eigenvalue weighted by molar-refractivity contribution is -0.125. The largest absolute Gasteiger partial charge is 0.368 e. The van der Waals surface area contributed by atoms with Crippen LogP contribution in [0.2, 0.25) is 0 Å². The minimum atomic E-state index is -3.69. The summed E-state index contributed by atoms with van der Waals surface area (Å²) in [6.45, 7) is -0.185. The Morgan fingerprint density at radius 3 is 2.38 bits per heavy atom. The van der Waals surface area contributed by atoms with E-state index in [0.29, 0.717) is 30.4 Å². The Morgan fingerprint density at radius 2 is 1.73 bits per heavy atom. The van der Waals surface area contributed by atoms with Gasteiger partial charge in [-0.2, -0.15) is 0 Å². The van der Waals surface area contributed by atoms with Gasteiger partial charge in [0.15, 0.2) is 5.82 Å². The number of benzene rings is 2. The van der Waals surface area contributed by atoms with Crippen molar-refractivity contribution < 1.29 is 26.7 Å². The van der Waals surface area contributed by atoms with Crippen LogP contribution in [0.15, 0.2) is 67.0 Å². The topological polar surface area (TPSA) is 105 Å². The van der Waals surface area contributed by atoms with Crippen LogP contribution in [0.25, 0.3) is 0 Å². The van der Waals surface area contributed by atoms with Crippen molar-refractivity contribution in [2.75, 3.05) is 42.4 Å². The maximum atomic E-state index is 15.3. The van der Waals surface area contributed by atoms with Gasteiger partial charge in [0.25, 0.3) is 5.91 Å². The van der Waals surface area contributed by atoms with E-state index in [-0.39, 0.29) is 25.3 Å². The van der Waals surface area contributed by atoms with Gasteiger partial charge in [-0.1, -0.05) is 18.2 Å². The molecular formula is C25H27F2N5O4S. The number of sulfonamides is 1. The standard InChI is InChI=1S/C25H27F2N5O4S/c1-37(34,35)30-24(33)17-36-18-25(27)11-13-31(14-12-25)22-15-28-16-23(29-22)32(20-5-3-2-4-6-20)21-9-7-19(26)8-10-21/h2-10,15-16H,11-14,17-18H2,1H3,(H,30,33). The lowest BCUT2D eigenvalue weighted by atomic mass is 9.94. The summed E-state index contributed by atoms with van der Waals surface area (Å²) in [6.07, 6.45) is 4.33. The molecule has 12 heteroatoms. The Morgan fingerprint density at radius 1 is 1.08 bits per heavy atom. The number of nitrogens with one attached hydrogen (secondary N) is 1. The third-order valence-electron chi connectivity index (χ3n) is 5.81. The lowest BCUT2D eigenvalue weighted by Gasteiger charge is -2.37. The molecule has 0 spiro atoms. The molecule has 0 unspecified atom stereocenters. The second-order valence-electron chi connectivity index (χ2n) is 8.81. The van der Waals surface area contributed by atoms with Gasteiger partial charge in [0.05, 0.1) is 25.3 Å². The highest BCUT2D eigenvalue weighted by Crippen LogP contribution is 2.34. The van der Waals surface area contributed by atoms with Crippen LogP contribution in [0, 0.1) is 5.82 Å². The van der Waals surface area contributed by atoms with Gasteiger partial charge in [-0.3, -0.25) is 19.4 Å². The molecule has 2 aromatic carbocycles. The van der Waals surface area contributed by atoms with Crippen LogP contribution in [-0.2, 0) is 19.6 Å². The number of alkyl halides is 1. The van der Waals surface area contributed by atoms with Crippen LogP contribution in [0.3, 0.4) is 0 Å². The summed E-state index contributed by atoms with van der Waals surface area (Å²) in [6, 6.07) is 15.6. The van der Waals surface area contributed by atoms with E-state index in [1.165, 1.54) is 12.1 Å². The number of rotatable bonds is 9. The number of anilines is 4.